The molecule has 0 fully saturated rings. The predicted octanol–water partition coefficient (Wildman–Crippen LogP) is 18.4. The van der Waals surface area contributed by atoms with Crippen LogP contribution in [0.1, 0.15) is 157 Å². The van der Waals surface area contributed by atoms with E-state index in [1.807, 2.05) is 90.2 Å². The second-order valence-electron chi connectivity index (χ2n) is 16.8. The van der Waals surface area contributed by atoms with Gasteiger partial charge >= 0.3 is 0 Å². The number of rotatable bonds is 13. The summed E-state index contributed by atoms with van der Waals surface area (Å²) in [4.78, 5) is 6.80. The molecular formula is C64H74N4S. The summed E-state index contributed by atoms with van der Waals surface area (Å²) in [6, 6.07) is 28.9. The molecule has 0 bridgehead atoms. The lowest BCUT2D eigenvalue weighted by atomic mass is 9.97. The minimum Gasteiger partial charge on any atom is -0.360 e. The number of aliphatic imine (C=N–C) groups is 1. The number of nitriles is 1. The van der Waals surface area contributed by atoms with E-state index >= 15 is 0 Å². The van der Waals surface area contributed by atoms with Gasteiger partial charge in [0.15, 0.2) is 0 Å². The number of allylic oxidation sites excluding steroid dienone is 14. The van der Waals surface area contributed by atoms with Crippen LogP contribution in [-0.2, 0) is 12.8 Å². The van der Waals surface area contributed by atoms with Crippen molar-refractivity contribution in [2.24, 2.45) is 4.99 Å². The van der Waals surface area contributed by atoms with Crippen LogP contribution >= 0.6 is 11.3 Å². The molecule has 4 nitrogen and oxygen atoms in total. The van der Waals surface area contributed by atoms with Crippen molar-refractivity contribution in [2.75, 3.05) is 0 Å². The third-order valence-electron chi connectivity index (χ3n) is 11.9. The van der Waals surface area contributed by atoms with Crippen LogP contribution in [0, 0.1) is 11.3 Å². The summed E-state index contributed by atoms with van der Waals surface area (Å²) >= 11 is 1.90. The second kappa shape index (κ2) is 27.3. The molecule has 5 aromatic rings. The van der Waals surface area contributed by atoms with Crippen molar-refractivity contribution in [2.45, 2.75) is 120 Å². The van der Waals surface area contributed by atoms with Gasteiger partial charge in [0, 0.05) is 43.3 Å². The van der Waals surface area contributed by atoms with Crippen molar-refractivity contribution in [3.05, 3.63) is 219 Å². The van der Waals surface area contributed by atoms with Gasteiger partial charge in [-0.2, -0.15) is 5.26 Å². The summed E-state index contributed by atoms with van der Waals surface area (Å²) < 4.78 is 3.79. The molecule has 1 unspecified atom stereocenters. The maximum Gasteiger partial charge on any atom is 0.145 e. The summed E-state index contributed by atoms with van der Waals surface area (Å²) in [5, 5.41) is 14.7. The molecular weight excluding hydrogens is 857 g/mol. The number of aromatic nitrogens is 1. The molecule has 1 atom stereocenters. The second-order valence-corrected chi connectivity index (χ2v) is 17.8. The average Bonchev–Trinajstić information content (AvgIpc) is 3.99. The highest BCUT2D eigenvalue weighted by atomic mass is 32.1. The van der Waals surface area contributed by atoms with Gasteiger partial charge in [-0.1, -0.05) is 176 Å². The van der Waals surface area contributed by atoms with Gasteiger partial charge in [0.2, 0.25) is 0 Å². The Bertz CT molecular complexity index is 2880. The standard InChI is InChI=1S/C56H54N4S.C4H8.2C2H6/c1-6-20-43(49-28-19-29-50-48(8-3)54(38(4)5)61-55(49)50)33-47-34-44-27-17-18-30-53(44)60(47)46-32-40(22-16-15-21-39(7-2)37-57)31-45(35-46)56-58-51(41-23-11-9-12-24-41)36-52(59-56)42-25-13-10-14-26-42;1-3-4-2;2*1-2/h6-9,11-13,15,17,19-21,23-29,31-36,38,56,59H,3,10,14,16,18,22,30H2,1-2,4-5H3;3-4H,1-2H3;2*1-2H3/b20-6-,21-15-,39-7+,43-33+;4-3-;;. The van der Waals surface area contributed by atoms with Crippen LogP contribution < -0.4 is 5.32 Å². The van der Waals surface area contributed by atoms with Gasteiger partial charge in [-0.05, 0) is 153 Å². The molecule has 2 aliphatic carbocycles. The lowest BCUT2D eigenvalue weighted by Crippen LogP contribution is -2.27. The van der Waals surface area contributed by atoms with Crippen LogP contribution in [0.2, 0.25) is 0 Å². The number of nitrogens with one attached hydrogen (secondary N) is 1. The summed E-state index contributed by atoms with van der Waals surface area (Å²) in [5.74, 6) is 0.408. The van der Waals surface area contributed by atoms with Gasteiger partial charge in [0.05, 0.1) is 11.8 Å². The molecule has 0 spiro atoms. The van der Waals surface area contributed by atoms with Crippen LogP contribution in [0.25, 0.3) is 39.6 Å². The first-order chi connectivity index (χ1) is 33.8. The van der Waals surface area contributed by atoms with E-state index in [9.17, 15) is 5.26 Å². The fourth-order valence-corrected chi connectivity index (χ4v) is 9.98. The molecule has 3 aromatic carbocycles. The molecule has 0 saturated carbocycles. The zero-order valence-electron chi connectivity index (χ0n) is 42.9. The molecule has 69 heavy (non-hydrogen) atoms. The van der Waals surface area contributed by atoms with E-state index in [2.05, 4.69) is 177 Å². The van der Waals surface area contributed by atoms with Gasteiger partial charge in [0.25, 0.3) is 0 Å². The molecule has 1 aliphatic heterocycles. The minimum absolute atomic E-state index is 0.302. The van der Waals surface area contributed by atoms with Crippen molar-refractivity contribution in [1.29, 1.82) is 5.26 Å². The third kappa shape index (κ3) is 13.3. The van der Waals surface area contributed by atoms with E-state index in [4.69, 9.17) is 4.99 Å². The van der Waals surface area contributed by atoms with Gasteiger partial charge in [-0.15, -0.1) is 11.3 Å². The first-order valence-corrected chi connectivity index (χ1v) is 26.0. The zero-order chi connectivity index (χ0) is 49.7. The highest BCUT2D eigenvalue weighted by molar-refractivity contribution is 7.19. The lowest BCUT2D eigenvalue weighted by molar-refractivity contribution is 0.624. The van der Waals surface area contributed by atoms with Gasteiger partial charge < -0.3 is 9.88 Å². The molecule has 1 N–H and O–H groups in total. The van der Waals surface area contributed by atoms with E-state index < -0.39 is 0 Å². The zero-order valence-corrected chi connectivity index (χ0v) is 43.8. The highest BCUT2D eigenvalue weighted by Gasteiger charge is 2.24. The Balaban J connectivity index is 0.00000104. The van der Waals surface area contributed by atoms with E-state index in [0.717, 1.165) is 72.4 Å². The molecule has 2 aromatic heterocycles. The molecule has 3 heterocycles. The number of benzene rings is 3. The number of fused-ring (bicyclic) bond motifs is 2. The Morgan fingerprint density at radius 1 is 0.899 bits per heavy atom. The first kappa shape index (κ1) is 53.2. The maximum absolute atomic E-state index is 9.55. The number of hydrogen-bond donors (Lipinski definition) is 1. The van der Waals surface area contributed by atoms with Crippen molar-refractivity contribution in [1.82, 2.24) is 9.88 Å². The molecule has 356 valence electrons. The van der Waals surface area contributed by atoms with E-state index in [1.165, 1.54) is 54.1 Å². The molecule has 0 amide bonds. The van der Waals surface area contributed by atoms with E-state index in [1.54, 1.807) is 0 Å². The van der Waals surface area contributed by atoms with E-state index in [-0.39, 0.29) is 6.17 Å². The quantitative estimate of drug-likeness (QED) is 0.0727. The normalized spacial score (nSPS) is 15.6. The SMILES string of the molecule is C/C=C\C.C=Cc1c(C(C)C)sc2c(C(/C=C\C)=C/c3cc4c(n3-c3cc(CC/C=C\C(C#N)=C/C)cc(C5N=C(c6ccccc6)C=C(C6=CCCC=C6)N5)c3)CCC=C4)cccc12.CC.CC. The Morgan fingerprint density at radius 2 is 1.67 bits per heavy atom. The first-order valence-electron chi connectivity index (χ1n) is 25.2. The molecule has 3 aliphatic rings. The summed E-state index contributed by atoms with van der Waals surface area (Å²) in [6.07, 6.45) is 37.7. The molecule has 5 heteroatoms. The van der Waals surface area contributed by atoms with Crippen molar-refractivity contribution < 1.29 is 0 Å². The average molecular weight is 931 g/mol. The van der Waals surface area contributed by atoms with Crippen molar-refractivity contribution >= 4 is 50.9 Å². The molecule has 0 radical (unpaired) electrons. The summed E-state index contributed by atoms with van der Waals surface area (Å²) in [7, 11) is 0. The number of nitrogens with zero attached hydrogens (tertiary/aromatic N) is 3. The Kier molecular flexibility index (Phi) is 21.1. The Morgan fingerprint density at radius 3 is 2.33 bits per heavy atom. The number of hydrogen-bond acceptors (Lipinski definition) is 4. The van der Waals surface area contributed by atoms with Crippen LogP contribution in [0.4, 0.5) is 0 Å². The molecule has 8 rings (SSSR count). The van der Waals surface area contributed by atoms with Crippen molar-refractivity contribution in [3.8, 4) is 11.8 Å². The lowest BCUT2D eigenvalue weighted by Gasteiger charge is -2.27. The Labute approximate surface area is 419 Å². The van der Waals surface area contributed by atoms with Crippen LogP contribution in [-0.4, -0.2) is 10.3 Å². The number of aryl methyl sites for hydroxylation is 1. The topological polar surface area (TPSA) is 53.1 Å². The van der Waals surface area contributed by atoms with Gasteiger partial charge in [0.1, 0.15) is 6.17 Å². The van der Waals surface area contributed by atoms with Crippen molar-refractivity contribution in [3.63, 3.8) is 0 Å². The molecule has 0 saturated heterocycles. The third-order valence-corrected chi connectivity index (χ3v) is 13.5. The predicted molar refractivity (Wildman–Crippen MR) is 305 cm³/mol. The fourth-order valence-electron chi connectivity index (χ4n) is 8.64. The summed E-state index contributed by atoms with van der Waals surface area (Å²) in [6.45, 7) is 24.8. The minimum atomic E-state index is -0.302. The maximum atomic E-state index is 9.55. The smallest absolute Gasteiger partial charge is 0.145 e. The van der Waals surface area contributed by atoms with Gasteiger partial charge in [-0.25, -0.2) is 0 Å². The van der Waals surface area contributed by atoms with Crippen LogP contribution in [0.15, 0.2) is 174 Å². The fraction of sp³-hybridized carbons (Fsp3) is 0.281. The van der Waals surface area contributed by atoms with Crippen LogP contribution in [0.5, 0.6) is 0 Å². The van der Waals surface area contributed by atoms with Crippen LogP contribution in [0.3, 0.4) is 0 Å². The number of thiophene rings is 1. The Hall–Kier alpha value is -6.74. The highest BCUT2D eigenvalue weighted by Crippen LogP contribution is 2.42. The summed E-state index contributed by atoms with van der Waals surface area (Å²) in [5.41, 5.74) is 15.9. The van der Waals surface area contributed by atoms with Gasteiger partial charge in [-0.3, -0.25) is 4.99 Å². The largest absolute Gasteiger partial charge is 0.360 e. The monoisotopic (exact) mass is 931 g/mol. The van der Waals surface area contributed by atoms with E-state index in [0.29, 0.717) is 11.5 Å².